The number of ether oxygens (including phenoxy) is 2. The van der Waals surface area contributed by atoms with E-state index in [0.717, 1.165) is 23.1 Å². The first-order valence-electron chi connectivity index (χ1n) is 13.4. The Morgan fingerprint density at radius 3 is 2.29 bits per heavy atom. The number of hydrogen-bond donors (Lipinski definition) is 0. The summed E-state index contributed by atoms with van der Waals surface area (Å²) in [5.74, 6) is -2.68. The molecule has 3 aromatic rings. The summed E-state index contributed by atoms with van der Waals surface area (Å²) in [5.41, 5.74) is 1.52. The average Bonchev–Trinajstić information content (AvgIpc) is 3.16. The van der Waals surface area contributed by atoms with Crippen molar-refractivity contribution >= 4 is 33.5 Å². The highest BCUT2D eigenvalue weighted by Crippen LogP contribution is 2.37. The Labute approximate surface area is 243 Å². The standard InChI is InChI=1S/C31H31FN2O7S/c1-31(2,3)41-28(35)15-19-9-10-21-13-20(17-33-29(36)23-7-5-6-8-24(23)30(33)37)18-34(26(21)14-19)42(38,39)22-11-12-25(32)27(16-22)40-4/h5-12,14,16,20H,13,15,17-18H2,1-4H3/t20-/m0/s1. The molecule has 42 heavy (non-hydrogen) atoms. The molecular formula is C31H31FN2O7S. The first-order chi connectivity index (χ1) is 19.8. The van der Waals surface area contributed by atoms with E-state index in [-0.39, 0.29) is 30.2 Å². The summed E-state index contributed by atoms with van der Waals surface area (Å²) in [6.45, 7) is 5.23. The molecule has 0 aliphatic carbocycles. The van der Waals surface area contributed by atoms with Crippen molar-refractivity contribution in [3.05, 3.63) is 88.7 Å². The molecule has 0 saturated carbocycles. The van der Waals surface area contributed by atoms with Gasteiger partial charge < -0.3 is 9.47 Å². The largest absolute Gasteiger partial charge is 0.494 e. The molecule has 0 radical (unpaired) electrons. The predicted octanol–water partition coefficient (Wildman–Crippen LogP) is 4.38. The maximum absolute atomic E-state index is 14.2. The van der Waals surface area contributed by atoms with Crippen LogP contribution in [0, 0.1) is 11.7 Å². The molecule has 9 nitrogen and oxygen atoms in total. The minimum Gasteiger partial charge on any atom is -0.494 e. The number of methoxy groups -OCH3 is 1. The van der Waals surface area contributed by atoms with Crippen molar-refractivity contribution in [1.29, 1.82) is 0 Å². The lowest BCUT2D eigenvalue weighted by molar-refractivity contribution is -0.153. The maximum Gasteiger partial charge on any atom is 0.310 e. The molecule has 0 aromatic heterocycles. The van der Waals surface area contributed by atoms with Gasteiger partial charge in [-0.1, -0.05) is 24.3 Å². The molecule has 3 aromatic carbocycles. The van der Waals surface area contributed by atoms with Crippen molar-refractivity contribution in [2.45, 2.75) is 44.1 Å². The van der Waals surface area contributed by atoms with Crippen LogP contribution in [0.3, 0.4) is 0 Å². The zero-order valence-electron chi connectivity index (χ0n) is 23.7. The number of nitrogens with zero attached hydrogens (tertiary/aromatic N) is 2. The van der Waals surface area contributed by atoms with Gasteiger partial charge in [-0.25, -0.2) is 12.8 Å². The normalized spacial score (nSPS) is 16.7. The van der Waals surface area contributed by atoms with Crippen molar-refractivity contribution < 1.29 is 36.7 Å². The highest BCUT2D eigenvalue weighted by molar-refractivity contribution is 7.92. The second kappa shape index (κ2) is 10.9. The van der Waals surface area contributed by atoms with E-state index in [9.17, 15) is 27.2 Å². The molecule has 5 rings (SSSR count). The fourth-order valence-electron chi connectivity index (χ4n) is 5.32. The molecule has 0 fully saturated rings. The average molecular weight is 595 g/mol. The van der Waals surface area contributed by atoms with E-state index in [2.05, 4.69) is 0 Å². The molecule has 0 unspecified atom stereocenters. The third-order valence-corrected chi connectivity index (χ3v) is 8.92. The van der Waals surface area contributed by atoms with Gasteiger partial charge in [-0.3, -0.25) is 23.6 Å². The Kier molecular flexibility index (Phi) is 7.57. The van der Waals surface area contributed by atoms with Crippen LogP contribution in [0.15, 0.2) is 65.6 Å². The summed E-state index contributed by atoms with van der Waals surface area (Å²) in [6, 6.07) is 15.0. The van der Waals surface area contributed by atoms with Gasteiger partial charge in [0.05, 0.1) is 35.2 Å². The van der Waals surface area contributed by atoms with Crippen LogP contribution in [0.2, 0.25) is 0 Å². The molecule has 2 aliphatic heterocycles. The molecular weight excluding hydrogens is 563 g/mol. The monoisotopic (exact) mass is 594 g/mol. The van der Waals surface area contributed by atoms with Gasteiger partial charge >= 0.3 is 5.97 Å². The number of esters is 1. The van der Waals surface area contributed by atoms with Crippen LogP contribution in [0.4, 0.5) is 10.1 Å². The van der Waals surface area contributed by atoms with Gasteiger partial charge in [0.1, 0.15) is 5.60 Å². The molecule has 11 heteroatoms. The lowest BCUT2D eigenvalue weighted by Gasteiger charge is -2.36. The minimum absolute atomic E-state index is 0.00417. The van der Waals surface area contributed by atoms with Crippen LogP contribution in [0.25, 0.3) is 0 Å². The molecule has 0 saturated heterocycles. The Morgan fingerprint density at radius 2 is 1.67 bits per heavy atom. The number of carbonyl (C=O) groups excluding carboxylic acids is 3. The third kappa shape index (κ3) is 5.61. The number of amides is 2. The summed E-state index contributed by atoms with van der Waals surface area (Å²) >= 11 is 0. The molecule has 0 N–H and O–H groups in total. The lowest BCUT2D eigenvalue weighted by Crippen LogP contribution is -2.45. The van der Waals surface area contributed by atoms with Crippen LogP contribution in [-0.2, 0) is 32.4 Å². The van der Waals surface area contributed by atoms with E-state index >= 15 is 0 Å². The lowest BCUT2D eigenvalue weighted by atomic mass is 9.92. The van der Waals surface area contributed by atoms with Crippen molar-refractivity contribution in [2.75, 3.05) is 24.5 Å². The SMILES string of the molecule is COc1cc(S(=O)(=O)N2C[C@H](CN3C(=O)c4ccccc4C3=O)Cc3ccc(CC(=O)OC(C)(C)C)cc32)ccc1F. The van der Waals surface area contributed by atoms with Gasteiger partial charge in [-0.05, 0) is 74.6 Å². The summed E-state index contributed by atoms with van der Waals surface area (Å²) in [5, 5.41) is 0. The third-order valence-electron chi connectivity index (χ3n) is 7.15. The van der Waals surface area contributed by atoms with Crippen molar-refractivity contribution in [1.82, 2.24) is 4.90 Å². The molecule has 2 aliphatic rings. The Balaban J connectivity index is 1.51. The number of rotatable bonds is 7. The fraction of sp³-hybridized carbons (Fsp3) is 0.323. The van der Waals surface area contributed by atoms with E-state index < -0.39 is 45.1 Å². The van der Waals surface area contributed by atoms with Gasteiger partial charge in [-0.15, -0.1) is 0 Å². The highest BCUT2D eigenvalue weighted by Gasteiger charge is 2.40. The fourth-order valence-corrected chi connectivity index (χ4v) is 6.90. The van der Waals surface area contributed by atoms with Crippen molar-refractivity contribution in [3.63, 3.8) is 0 Å². The van der Waals surface area contributed by atoms with E-state index in [4.69, 9.17) is 9.47 Å². The number of hydrogen-bond acceptors (Lipinski definition) is 7. The number of carbonyl (C=O) groups is 3. The highest BCUT2D eigenvalue weighted by atomic mass is 32.2. The second-order valence-electron chi connectivity index (χ2n) is 11.4. The first-order valence-corrected chi connectivity index (χ1v) is 14.9. The van der Waals surface area contributed by atoms with E-state index in [1.807, 2.05) is 0 Å². The number of fused-ring (bicyclic) bond motifs is 2. The molecule has 220 valence electrons. The second-order valence-corrected chi connectivity index (χ2v) is 13.3. The number of halogens is 1. The molecule has 0 bridgehead atoms. The van der Waals surface area contributed by atoms with Crippen LogP contribution >= 0.6 is 0 Å². The maximum atomic E-state index is 14.2. The molecule has 1 atom stereocenters. The summed E-state index contributed by atoms with van der Waals surface area (Å²) in [7, 11) is -3.02. The van der Waals surface area contributed by atoms with Crippen LogP contribution in [0.5, 0.6) is 5.75 Å². The first kappa shape index (κ1) is 29.2. The summed E-state index contributed by atoms with van der Waals surface area (Å²) < 4.78 is 53.9. The number of anilines is 1. The van der Waals surface area contributed by atoms with Crippen LogP contribution in [-0.4, -0.2) is 56.9 Å². The van der Waals surface area contributed by atoms with E-state index in [1.165, 1.54) is 11.4 Å². The van der Waals surface area contributed by atoms with Gasteiger partial charge in [0.25, 0.3) is 21.8 Å². The van der Waals surface area contributed by atoms with Crippen molar-refractivity contribution in [3.8, 4) is 5.75 Å². The zero-order chi connectivity index (χ0) is 30.4. The van der Waals surface area contributed by atoms with Crippen molar-refractivity contribution in [2.24, 2.45) is 5.92 Å². The predicted molar refractivity (Wildman–Crippen MR) is 152 cm³/mol. The van der Waals surface area contributed by atoms with Gasteiger partial charge in [-0.2, -0.15) is 0 Å². The Morgan fingerprint density at radius 1 is 1.00 bits per heavy atom. The minimum atomic E-state index is -4.26. The summed E-state index contributed by atoms with van der Waals surface area (Å²) in [4.78, 5) is 39.6. The van der Waals surface area contributed by atoms with E-state index in [1.54, 1.807) is 63.2 Å². The Bertz CT molecular complexity index is 1660. The van der Waals surface area contributed by atoms with Crippen LogP contribution in [0.1, 0.15) is 52.6 Å². The summed E-state index contributed by atoms with van der Waals surface area (Å²) in [6.07, 6.45) is 0.315. The van der Waals surface area contributed by atoms with Gasteiger partial charge in [0.2, 0.25) is 0 Å². The number of imide groups is 1. The van der Waals surface area contributed by atoms with E-state index in [0.29, 0.717) is 34.4 Å². The van der Waals surface area contributed by atoms with Gasteiger partial charge in [0, 0.05) is 19.2 Å². The molecule has 2 heterocycles. The number of benzene rings is 3. The topological polar surface area (TPSA) is 110 Å². The molecule has 0 spiro atoms. The quantitative estimate of drug-likeness (QED) is 0.295. The molecule has 2 amide bonds. The Hall–Kier alpha value is -4.25. The number of sulfonamides is 1. The van der Waals surface area contributed by atoms with Crippen LogP contribution < -0.4 is 9.04 Å². The zero-order valence-corrected chi connectivity index (χ0v) is 24.5. The van der Waals surface area contributed by atoms with Gasteiger partial charge in [0.15, 0.2) is 11.6 Å². The smallest absolute Gasteiger partial charge is 0.310 e.